The summed E-state index contributed by atoms with van der Waals surface area (Å²) in [6.45, 7) is 3.53. The molecule has 110 valence electrons. The van der Waals surface area contributed by atoms with E-state index in [1.807, 2.05) is 30.3 Å². The minimum absolute atomic E-state index is 0.346. The zero-order chi connectivity index (χ0) is 13.8. The van der Waals surface area contributed by atoms with Crippen molar-refractivity contribution in [2.75, 3.05) is 32.9 Å². The van der Waals surface area contributed by atoms with E-state index >= 15 is 0 Å². The molecule has 0 aromatic heterocycles. The maximum absolute atomic E-state index is 10.2. The number of aliphatic hydroxyl groups excluding tert-OH is 1. The number of hydrogen-bond donors (Lipinski definition) is 1. The third kappa shape index (κ3) is 3.72. The van der Waals surface area contributed by atoms with Gasteiger partial charge in [0.15, 0.2) is 0 Å². The van der Waals surface area contributed by atoms with Crippen LogP contribution in [0.15, 0.2) is 30.3 Å². The lowest BCUT2D eigenvalue weighted by atomic mass is 10.1. The molecule has 0 spiro atoms. The standard InChI is InChI=1S/C16H23NO3/c18-14(11-20-15-4-2-1-3-5-15)10-17-8-9-19-12-16(17)13-6-7-13/h1-5,13-14,16,18H,6-12H2/t14-,16-/m1/s1. The third-order valence-corrected chi connectivity index (χ3v) is 4.08. The minimum Gasteiger partial charge on any atom is -0.491 e. The number of hydrogen-bond acceptors (Lipinski definition) is 4. The Balaban J connectivity index is 1.46. The molecule has 1 heterocycles. The van der Waals surface area contributed by atoms with Crippen LogP contribution >= 0.6 is 0 Å². The van der Waals surface area contributed by atoms with Crippen molar-refractivity contribution in [2.24, 2.45) is 5.92 Å². The van der Waals surface area contributed by atoms with Crippen LogP contribution in [0.25, 0.3) is 0 Å². The molecule has 2 aliphatic rings. The first-order valence-electron chi connectivity index (χ1n) is 7.50. The summed E-state index contributed by atoms with van der Waals surface area (Å²) < 4.78 is 11.2. The van der Waals surface area contributed by atoms with Gasteiger partial charge >= 0.3 is 0 Å². The second kappa shape index (κ2) is 6.57. The average molecular weight is 277 g/mol. The fourth-order valence-electron chi connectivity index (χ4n) is 2.83. The number of benzene rings is 1. The second-order valence-electron chi connectivity index (χ2n) is 5.75. The fraction of sp³-hybridized carbons (Fsp3) is 0.625. The van der Waals surface area contributed by atoms with Crippen molar-refractivity contribution in [3.05, 3.63) is 30.3 Å². The molecular weight excluding hydrogens is 254 g/mol. The Labute approximate surface area is 120 Å². The maximum Gasteiger partial charge on any atom is 0.119 e. The van der Waals surface area contributed by atoms with Crippen LogP contribution in [-0.4, -0.2) is 55.1 Å². The Kier molecular flexibility index (Phi) is 4.55. The van der Waals surface area contributed by atoms with Gasteiger partial charge in [-0.2, -0.15) is 0 Å². The lowest BCUT2D eigenvalue weighted by Crippen LogP contribution is -2.50. The molecule has 1 aromatic carbocycles. The zero-order valence-electron chi connectivity index (χ0n) is 11.8. The summed E-state index contributed by atoms with van der Waals surface area (Å²) in [5.41, 5.74) is 0. The predicted octanol–water partition coefficient (Wildman–Crippen LogP) is 1.54. The van der Waals surface area contributed by atoms with Gasteiger partial charge in [-0.3, -0.25) is 4.90 Å². The molecule has 20 heavy (non-hydrogen) atoms. The van der Waals surface area contributed by atoms with Crippen LogP contribution in [0.2, 0.25) is 0 Å². The molecule has 4 heteroatoms. The fourth-order valence-corrected chi connectivity index (χ4v) is 2.83. The number of rotatable bonds is 6. The molecule has 1 aliphatic carbocycles. The lowest BCUT2D eigenvalue weighted by Gasteiger charge is -2.36. The quantitative estimate of drug-likeness (QED) is 0.856. The van der Waals surface area contributed by atoms with Crippen LogP contribution in [-0.2, 0) is 4.74 Å². The van der Waals surface area contributed by atoms with E-state index < -0.39 is 6.10 Å². The summed E-state index contributed by atoms with van der Waals surface area (Å²) in [6.07, 6.45) is 2.16. The second-order valence-corrected chi connectivity index (χ2v) is 5.75. The summed E-state index contributed by atoms with van der Waals surface area (Å²) in [6, 6.07) is 10.1. The van der Waals surface area contributed by atoms with E-state index in [4.69, 9.17) is 9.47 Å². The first-order chi connectivity index (χ1) is 9.83. The van der Waals surface area contributed by atoms with E-state index in [1.54, 1.807) is 0 Å². The number of nitrogens with zero attached hydrogens (tertiary/aromatic N) is 1. The van der Waals surface area contributed by atoms with Gasteiger partial charge in [-0.15, -0.1) is 0 Å². The lowest BCUT2D eigenvalue weighted by molar-refractivity contribution is -0.0392. The van der Waals surface area contributed by atoms with Gasteiger partial charge in [0.25, 0.3) is 0 Å². The van der Waals surface area contributed by atoms with Crippen molar-refractivity contribution in [3.8, 4) is 5.75 Å². The SMILES string of the molecule is O[C@@H](COc1ccccc1)CN1CCOC[C@@H]1C1CC1. The van der Waals surface area contributed by atoms with Gasteiger partial charge in [-0.1, -0.05) is 18.2 Å². The number of β-amino-alcohol motifs (C(OH)–C–C–N with tert-alkyl or cyclic N) is 1. The minimum atomic E-state index is -0.449. The van der Waals surface area contributed by atoms with Gasteiger partial charge in [0.2, 0.25) is 0 Å². The Bertz CT molecular complexity index is 407. The highest BCUT2D eigenvalue weighted by molar-refractivity contribution is 5.20. The third-order valence-electron chi connectivity index (χ3n) is 4.08. The van der Waals surface area contributed by atoms with Crippen LogP contribution in [0.3, 0.4) is 0 Å². The van der Waals surface area contributed by atoms with Crippen LogP contribution in [0.1, 0.15) is 12.8 Å². The first-order valence-corrected chi connectivity index (χ1v) is 7.50. The van der Waals surface area contributed by atoms with Gasteiger partial charge in [0, 0.05) is 19.1 Å². The summed E-state index contributed by atoms with van der Waals surface area (Å²) in [4.78, 5) is 2.38. The van der Waals surface area contributed by atoms with Crippen molar-refractivity contribution in [2.45, 2.75) is 25.0 Å². The highest BCUT2D eigenvalue weighted by Crippen LogP contribution is 2.36. The van der Waals surface area contributed by atoms with E-state index in [-0.39, 0.29) is 0 Å². The molecule has 1 aromatic rings. The Morgan fingerprint density at radius 3 is 2.85 bits per heavy atom. The van der Waals surface area contributed by atoms with Crippen molar-refractivity contribution >= 4 is 0 Å². The molecule has 0 bridgehead atoms. The predicted molar refractivity (Wildman–Crippen MR) is 76.8 cm³/mol. The van der Waals surface area contributed by atoms with Gasteiger partial charge in [0.1, 0.15) is 18.5 Å². The largest absolute Gasteiger partial charge is 0.491 e. The van der Waals surface area contributed by atoms with E-state index in [0.717, 1.165) is 31.4 Å². The van der Waals surface area contributed by atoms with Crippen LogP contribution < -0.4 is 4.74 Å². The van der Waals surface area contributed by atoms with E-state index in [9.17, 15) is 5.11 Å². The maximum atomic E-state index is 10.2. The van der Waals surface area contributed by atoms with Crippen molar-refractivity contribution < 1.29 is 14.6 Å². The molecule has 1 saturated carbocycles. The molecule has 0 unspecified atom stereocenters. The summed E-state index contributed by atoms with van der Waals surface area (Å²) >= 11 is 0. The first kappa shape index (κ1) is 13.9. The van der Waals surface area contributed by atoms with E-state index in [1.165, 1.54) is 12.8 Å². The Morgan fingerprint density at radius 2 is 2.10 bits per heavy atom. The van der Waals surface area contributed by atoms with Gasteiger partial charge < -0.3 is 14.6 Å². The van der Waals surface area contributed by atoms with Crippen LogP contribution in [0.4, 0.5) is 0 Å². The summed E-state index contributed by atoms with van der Waals surface area (Å²) in [5.74, 6) is 1.59. The molecular formula is C16H23NO3. The van der Waals surface area contributed by atoms with E-state index in [2.05, 4.69) is 4.90 Å². The van der Waals surface area contributed by atoms with Crippen molar-refractivity contribution in [1.82, 2.24) is 4.90 Å². The number of morpholine rings is 1. The van der Waals surface area contributed by atoms with E-state index in [0.29, 0.717) is 19.2 Å². The summed E-state index contributed by atoms with van der Waals surface area (Å²) in [5, 5.41) is 10.2. The van der Waals surface area contributed by atoms with Crippen LogP contribution in [0, 0.1) is 5.92 Å². The van der Waals surface area contributed by atoms with Crippen molar-refractivity contribution in [3.63, 3.8) is 0 Å². The molecule has 1 N–H and O–H groups in total. The normalized spacial score (nSPS) is 25.4. The van der Waals surface area contributed by atoms with Crippen LogP contribution in [0.5, 0.6) is 5.75 Å². The molecule has 1 aliphatic heterocycles. The number of aliphatic hydroxyl groups is 1. The monoisotopic (exact) mass is 277 g/mol. The zero-order valence-corrected chi connectivity index (χ0v) is 11.8. The molecule has 3 rings (SSSR count). The average Bonchev–Trinajstić information content (AvgIpc) is 3.31. The molecule has 0 amide bonds. The number of ether oxygens (including phenoxy) is 2. The van der Waals surface area contributed by atoms with Crippen molar-refractivity contribution in [1.29, 1.82) is 0 Å². The van der Waals surface area contributed by atoms with Gasteiger partial charge in [-0.25, -0.2) is 0 Å². The smallest absolute Gasteiger partial charge is 0.119 e. The molecule has 0 radical (unpaired) electrons. The topological polar surface area (TPSA) is 41.9 Å². The highest BCUT2D eigenvalue weighted by Gasteiger charge is 2.37. The molecule has 2 atom stereocenters. The highest BCUT2D eigenvalue weighted by atomic mass is 16.5. The summed E-state index contributed by atoms with van der Waals surface area (Å²) in [7, 11) is 0. The Hall–Kier alpha value is -1.10. The molecule has 1 saturated heterocycles. The Morgan fingerprint density at radius 1 is 1.30 bits per heavy atom. The van der Waals surface area contributed by atoms with Gasteiger partial charge in [0.05, 0.1) is 13.2 Å². The van der Waals surface area contributed by atoms with Gasteiger partial charge in [-0.05, 0) is 30.9 Å². The number of para-hydroxylation sites is 1. The molecule has 2 fully saturated rings. The molecule has 4 nitrogen and oxygen atoms in total.